The molecular formula is C17H23N3O2. The summed E-state index contributed by atoms with van der Waals surface area (Å²) in [4.78, 5) is 12.4. The van der Waals surface area contributed by atoms with Gasteiger partial charge < -0.3 is 10.4 Å². The molecule has 2 rings (SSSR count). The van der Waals surface area contributed by atoms with Crippen molar-refractivity contribution in [2.24, 2.45) is 0 Å². The average molecular weight is 301 g/mol. The number of amides is 1. The molecule has 0 aliphatic rings. The fraction of sp³-hybridized carbons (Fsp3) is 0.412. The predicted octanol–water partition coefficient (Wildman–Crippen LogP) is 2.45. The summed E-state index contributed by atoms with van der Waals surface area (Å²) in [6.45, 7) is 7.15. The molecule has 2 aromatic rings. The number of benzene rings is 1. The van der Waals surface area contributed by atoms with Crippen molar-refractivity contribution in [1.29, 1.82) is 0 Å². The summed E-state index contributed by atoms with van der Waals surface area (Å²) in [5.74, 6) is 0.0643. The summed E-state index contributed by atoms with van der Waals surface area (Å²) in [6, 6.07) is 7.54. The Morgan fingerprint density at radius 1 is 1.32 bits per heavy atom. The van der Waals surface area contributed by atoms with Crippen LogP contribution in [-0.4, -0.2) is 20.8 Å². The molecule has 0 aliphatic carbocycles. The zero-order chi connectivity index (χ0) is 16.1. The third-order valence-corrected chi connectivity index (χ3v) is 3.63. The highest BCUT2D eigenvalue weighted by atomic mass is 16.3. The van der Waals surface area contributed by atoms with Crippen molar-refractivity contribution in [3.05, 3.63) is 52.8 Å². The van der Waals surface area contributed by atoms with Crippen molar-refractivity contribution in [2.75, 3.05) is 0 Å². The van der Waals surface area contributed by atoms with Gasteiger partial charge in [-0.15, -0.1) is 0 Å². The van der Waals surface area contributed by atoms with Gasteiger partial charge in [0.05, 0.1) is 17.9 Å². The lowest BCUT2D eigenvalue weighted by molar-refractivity contribution is 0.0949. The zero-order valence-corrected chi connectivity index (χ0v) is 13.3. The van der Waals surface area contributed by atoms with Gasteiger partial charge >= 0.3 is 0 Å². The molecule has 0 aliphatic heterocycles. The molecule has 0 fully saturated rings. The molecule has 0 saturated heterocycles. The number of carbonyl (C=O) groups excluding carboxylic acids is 1. The van der Waals surface area contributed by atoms with Crippen molar-refractivity contribution < 1.29 is 9.90 Å². The third kappa shape index (κ3) is 3.54. The Hall–Kier alpha value is -2.14. The summed E-state index contributed by atoms with van der Waals surface area (Å²) < 4.78 is 1.78. The molecule has 0 spiro atoms. The number of carbonyl (C=O) groups is 1. The molecule has 1 amide bonds. The Morgan fingerprint density at radius 3 is 2.59 bits per heavy atom. The van der Waals surface area contributed by atoms with Crippen molar-refractivity contribution in [1.82, 2.24) is 15.1 Å². The molecule has 1 heterocycles. The third-order valence-electron chi connectivity index (χ3n) is 3.63. The SMILES string of the molecule is CCn1cc(C(=O)NCc2ccccc2CO)c(C(C)C)n1. The minimum absolute atomic E-state index is 0.0307. The van der Waals surface area contributed by atoms with Gasteiger partial charge in [-0.25, -0.2) is 0 Å². The van der Waals surface area contributed by atoms with E-state index in [1.807, 2.05) is 45.0 Å². The largest absolute Gasteiger partial charge is 0.392 e. The number of aliphatic hydroxyl groups excluding tert-OH is 1. The van der Waals surface area contributed by atoms with E-state index in [1.165, 1.54) is 0 Å². The average Bonchev–Trinajstić information content (AvgIpc) is 2.97. The number of hydrogen-bond acceptors (Lipinski definition) is 3. The molecule has 5 nitrogen and oxygen atoms in total. The second kappa shape index (κ2) is 7.22. The smallest absolute Gasteiger partial charge is 0.255 e. The van der Waals surface area contributed by atoms with E-state index in [0.717, 1.165) is 23.4 Å². The van der Waals surface area contributed by atoms with E-state index in [2.05, 4.69) is 10.4 Å². The Kier molecular flexibility index (Phi) is 5.33. The van der Waals surface area contributed by atoms with Gasteiger partial charge in [-0.1, -0.05) is 38.1 Å². The fourth-order valence-electron chi connectivity index (χ4n) is 2.35. The maximum Gasteiger partial charge on any atom is 0.255 e. The van der Waals surface area contributed by atoms with Crippen LogP contribution in [0, 0.1) is 0 Å². The highest BCUT2D eigenvalue weighted by Crippen LogP contribution is 2.18. The highest BCUT2D eigenvalue weighted by Gasteiger charge is 2.18. The Morgan fingerprint density at radius 2 is 2.00 bits per heavy atom. The molecule has 0 radical (unpaired) electrons. The van der Waals surface area contributed by atoms with Gasteiger partial charge in [-0.3, -0.25) is 9.48 Å². The first-order chi connectivity index (χ1) is 10.6. The molecule has 1 aromatic heterocycles. The van der Waals surface area contributed by atoms with Gasteiger partial charge in [0.2, 0.25) is 0 Å². The maximum absolute atomic E-state index is 12.4. The fourth-order valence-corrected chi connectivity index (χ4v) is 2.35. The highest BCUT2D eigenvalue weighted by molar-refractivity contribution is 5.95. The first-order valence-corrected chi connectivity index (χ1v) is 7.60. The molecule has 22 heavy (non-hydrogen) atoms. The first-order valence-electron chi connectivity index (χ1n) is 7.60. The van der Waals surface area contributed by atoms with Crippen LogP contribution in [0.25, 0.3) is 0 Å². The molecule has 0 atom stereocenters. The van der Waals surface area contributed by atoms with E-state index in [4.69, 9.17) is 0 Å². The van der Waals surface area contributed by atoms with Crippen LogP contribution in [0.4, 0.5) is 0 Å². The standard InChI is InChI=1S/C17H23N3O2/c1-4-20-10-15(16(19-20)12(2)3)17(22)18-9-13-7-5-6-8-14(13)11-21/h5-8,10,12,21H,4,9,11H2,1-3H3,(H,18,22). The molecule has 2 N–H and O–H groups in total. The van der Waals surface area contributed by atoms with Crippen LogP contribution < -0.4 is 5.32 Å². The number of aryl methyl sites for hydroxylation is 1. The number of aromatic nitrogens is 2. The van der Waals surface area contributed by atoms with Crippen LogP contribution in [-0.2, 0) is 19.7 Å². The van der Waals surface area contributed by atoms with Crippen molar-refractivity contribution >= 4 is 5.91 Å². The van der Waals surface area contributed by atoms with Crippen LogP contribution in [0.3, 0.4) is 0 Å². The summed E-state index contributed by atoms with van der Waals surface area (Å²) in [6.07, 6.45) is 1.79. The molecule has 0 unspecified atom stereocenters. The molecule has 1 aromatic carbocycles. The minimum Gasteiger partial charge on any atom is -0.392 e. The lowest BCUT2D eigenvalue weighted by atomic mass is 10.1. The monoisotopic (exact) mass is 301 g/mol. The quantitative estimate of drug-likeness (QED) is 0.861. The van der Waals surface area contributed by atoms with Gasteiger partial charge in [0, 0.05) is 19.3 Å². The lowest BCUT2D eigenvalue weighted by Crippen LogP contribution is -2.24. The Labute approximate surface area is 131 Å². The Balaban J connectivity index is 2.14. The molecule has 0 bridgehead atoms. The van der Waals surface area contributed by atoms with E-state index < -0.39 is 0 Å². The number of rotatable bonds is 6. The van der Waals surface area contributed by atoms with Crippen molar-refractivity contribution in [3.8, 4) is 0 Å². The topological polar surface area (TPSA) is 67.2 Å². The molecular weight excluding hydrogens is 278 g/mol. The predicted molar refractivity (Wildman–Crippen MR) is 85.5 cm³/mol. The number of aliphatic hydroxyl groups is 1. The summed E-state index contributed by atoms with van der Waals surface area (Å²) >= 11 is 0. The van der Waals surface area contributed by atoms with E-state index in [0.29, 0.717) is 12.1 Å². The normalized spacial score (nSPS) is 11.0. The molecule has 0 saturated carbocycles. The molecule has 118 valence electrons. The maximum atomic E-state index is 12.4. The van der Waals surface area contributed by atoms with Crippen LogP contribution >= 0.6 is 0 Å². The van der Waals surface area contributed by atoms with Gasteiger partial charge in [0.1, 0.15) is 0 Å². The van der Waals surface area contributed by atoms with Gasteiger partial charge in [-0.2, -0.15) is 5.10 Å². The number of hydrogen-bond donors (Lipinski definition) is 2. The van der Waals surface area contributed by atoms with Crippen LogP contribution in [0.2, 0.25) is 0 Å². The molecule has 5 heteroatoms. The van der Waals surface area contributed by atoms with Gasteiger partial charge in [-0.05, 0) is 24.0 Å². The minimum atomic E-state index is -0.129. The van der Waals surface area contributed by atoms with E-state index >= 15 is 0 Å². The van der Waals surface area contributed by atoms with E-state index in [1.54, 1.807) is 10.9 Å². The number of nitrogens with zero attached hydrogens (tertiary/aromatic N) is 2. The van der Waals surface area contributed by atoms with Crippen molar-refractivity contribution in [2.45, 2.75) is 46.4 Å². The zero-order valence-electron chi connectivity index (χ0n) is 13.3. The van der Waals surface area contributed by atoms with Crippen LogP contribution in [0.5, 0.6) is 0 Å². The van der Waals surface area contributed by atoms with Gasteiger partial charge in [0.25, 0.3) is 5.91 Å². The Bertz CT molecular complexity index is 647. The second-order valence-electron chi connectivity index (χ2n) is 5.55. The van der Waals surface area contributed by atoms with E-state index in [-0.39, 0.29) is 18.4 Å². The van der Waals surface area contributed by atoms with E-state index in [9.17, 15) is 9.90 Å². The van der Waals surface area contributed by atoms with Crippen molar-refractivity contribution in [3.63, 3.8) is 0 Å². The summed E-state index contributed by atoms with van der Waals surface area (Å²) in [5, 5.41) is 16.7. The number of nitrogens with one attached hydrogen (secondary N) is 1. The summed E-state index contributed by atoms with van der Waals surface area (Å²) in [7, 11) is 0. The summed E-state index contributed by atoms with van der Waals surface area (Å²) in [5.41, 5.74) is 3.19. The second-order valence-corrected chi connectivity index (χ2v) is 5.55. The first kappa shape index (κ1) is 16.2. The van der Waals surface area contributed by atoms with Crippen LogP contribution in [0.1, 0.15) is 53.9 Å². The lowest BCUT2D eigenvalue weighted by Gasteiger charge is -2.09. The van der Waals surface area contributed by atoms with Crippen LogP contribution in [0.15, 0.2) is 30.5 Å². The van der Waals surface area contributed by atoms with Gasteiger partial charge in [0.15, 0.2) is 0 Å².